The molecule has 37 heavy (non-hydrogen) atoms. The molecule has 3 aliphatic rings. The van der Waals surface area contributed by atoms with Gasteiger partial charge in [0.05, 0.1) is 33.1 Å². The molecule has 3 aliphatic heterocycles. The first-order chi connectivity index (χ1) is 18.1. The first-order valence-electron chi connectivity index (χ1n) is 12.9. The van der Waals surface area contributed by atoms with Gasteiger partial charge in [0, 0.05) is 56.1 Å². The number of hydrogen-bond acceptors (Lipinski definition) is 7. The lowest BCUT2D eigenvalue weighted by Gasteiger charge is -2.51. The Kier molecular flexibility index (Phi) is 6.16. The standard InChI is InChI=1S/C30H33N3O4/c1-34-22-12-13-23(28(18-22)36-3)25-19-26-24-10-7-11-27(35-2)29(24)37-30(33(26)31-25)14-16-32(17-15-30)20-21-8-5-4-6-9-21/h4-13,18,26H,14-17,19-20H2,1-3H3/t26-/m1/s1. The first kappa shape index (κ1) is 23.7. The van der Waals surface area contributed by atoms with Crippen LogP contribution in [0.25, 0.3) is 0 Å². The van der Waals surface area contributed by atoms with Gasteiger partial charge in [0.2, 0.25) is 5.72 Å². The number of para-hydroxylation sites is 1. The van der Waals surface area contributed by atoms with Crippen molar-refractivity contribution in [1.82, 2.24) is 9.91 Å². The molecule has 0 aliphatic carbocycles. The molecular formula is C30H33N3O4. The van der Waals surface area contributed by atoms with Gasteiger partial charge in [0.25, 0.3) is 0 Å². The zero-order valence-electron chi connectivity index (χ0n) is 21.6. The SMILES string of the molecule is COc1ccc(C2=NN3[C@H](C2)c2cccc(OC)c2OC32CCN(Cc3ccccc3)CC2)c(OC)c1. The van der Waals surface area contributed by atoms with Gasteiger partial charge >= 0.3 is 0 Å². The van der Waals surface area contributed by atoms with Crippen molar-refractivity contribution in [1.29, 1.82) is 0 Å². The van der Waals surface area contributed by atoms with E-state index in [0.29, 0.717) is 0 Å². The predicted molar refractivity (Wildman–Crippen MR) is 143 cm³/mol. The van der Waals surface area contributed by atoms with Crippen LogP contribution >= 0.6 is 0 Å². The number of hydrogen-bond donors (Lipinski definition) is 0. The molecule has 3 heterocycles. The van der Waals surface area contributed by atoms with E-state index in [-0.39, 0.29) is 6.04 Å². The normalized spacial score (nSPS) is 20.0. The highest BCUT2D eigenvalue weighted by Crippen LogP contribution is 2.53. The second-order valence-electron chi connectivity index (χ2n) is 9.87. The molecule has 3 aromatic carbocycles. The Hall–Kier alpha value is -3.71. The number of ether oxygens (including phenoxy) is 4. The molecule has 0 aromatic heterocycles. The largest absolute Gasteiger partial charge is 0.497 e. The number of benzene rings is 3. The summed E-state index contributed by atoms with van der Waals surface area (Å²) in [7, 11) is 5.06. The van der Waals surface area contributed by atoms with Crippen LogP contribution < -0.4 is 18.9 Å². The number of nitrogens with zero attached hydrogens (tertiary/aromatic N) is 3. The van der Waals surface area contributed by atoms with E-state index in [1.54, 1.807) is 21.3 Å². The van der Waals surface area contributed by atoms with Gasteiger partial charge in [-0.1, -0.05) is 42.5 Å². The molecule has 0 unspecified atom stereocenters. The van der Waals surface area contributed by atoms with Crippen LogP contribution in [0.5, 0.6) is 23.0 Å². The van der Waals surface area contributed by atoms with Crippen molar-refractivity contribution in [3.05, 3.63) is 83.4 Å². The summed E-state index contributed by atoms with van der Waals surface area (Å²) in [5.41, 5.74) is 3.90. The van der Waals surface area contributed by atoms with Crippen LogP contribution in [-0.4, -0.2) is 55.8 Å². The van der Waals surface area contributed by atoms with Gasteiger partial charge in [-0.3, -0.25) is 4.90 Å². The second-order valence-corrected chi connectivity index (χ2v) is 9.87. The highest BCUT2D eigenvalue weighted by Gasteiger charge is 2.52. The zero-order chi connectivity index (χ0) is 25.4. The van der Waals surface area contributed by atoms with E-state index in [9.17, 15) is 0 Å². The summed E-state index contributed by atoms with van der Waals surface area (Å²) in [6.07, 6.45) is 2.47. The van der Waals surface area contributed by atoms with Crippen LogP contribution in [0.4, 0.5) is 0 Å². The van der Waals surface area contributed by atoms with E-state index in [0.717, 1.165) is 78.7 Å². The Morgan fingerprint density at radius 1 is 0.892 bits per heavy atom. The molecular weight excluding hydrogens is 466 g/mol. The average molecular weight is 500 g/mol. The minimum Gasteiger partial charge on any atom is -0.497 e. The minimum atomic E-state index is -0.527. The van der Waals surface area contributed by atoms with Crippen LogP contribution in [0, 0.1) is 0 Å². The number of likely N-dealkylation sites (tertiary alicyclic amines) is 1. The fourth-order valence-electron chi connectivity index (χ4n) is 5.86. The fourth-order valence-corrected chi connectivity index (χ4v) is 5.86. The maximum atomic E-state index is 6.89. The van der Waals surface area contributed by atoms with E-state index in [1.807, 2.05) is 30.3 Å². The average Bonchev–Trinajstić information content (AvgIpc) is 3.41. The van der Waals surface area contributed by atoms with Gasteiger partial charge < -0.3 is 18.9 Å². The van der Waals surface area contributed by atoms with Crippen molar-refractivity contribution in [2.24, 2.45) is 5.10 Å². The van der Waals surface area contributed by atoms with Crippen molar-refractivity contribution >= 4 is 5.71 Å². The molecule has 0 radical (unpaired) electrons. The van der Waals surface area contributed by atoms with Gasteiger partial charge in [-0.25, -0.2) is 5.01 Å². The Bertz CT molecular complexity index is 1300. The zero-order valence-corrected chi connectivity index (χ0v) is 21.6. The fraction of sp³-hybridized carbons (Fsp3) is 0.367. The van der Waals surface area contributed by atoms with Gasteiger partial charge in [0.15, 0.2) is 11.5 Å². The van der Waals surface area contributed by atoms with Crippen LogP contribution in [0.2, 0.25) is 0 Å². The maximum Gasteiger partial charge on any atom is 0.200 e. The molecule has 0 amide bonds. The summed E-state index contributed by atoms with van der Waals surface area (Å²) >= 11 is 0. The van der Waals surface area contributed by atoms with E-state index in [2.05, 4.69) is 46.3 Å². The third kappa shape index (κ3) is 4.17. The van der Waals surface area contributed by atoms with Crippen molar-refractivity contribution in [2.45, 2.75) is 37.6 Å². The summed E-state index contributed by atoms with van der Waals surface area (Å²) in [6.45, 7) is 2.80. The lowest BCUT2D eigenvalue weighted by Crippen LogP contribution is -2.59. The summed E-state index contributed by atoms with van der Waals surface area (Å²) in [6, 6.07) is 22.8. The highest BCUT2D eigenvalue weighted by atomic mass is 16.5. The summed E-state index contributed by atoms with van der Waals surface area (Å²) < 4.78 is 23.8. The number of fused-ring (bicyclic) bond motifs is 4. The molecule has 0 bridgehead atoms. The molecule has 0 saturated carbocycles. The number of piperidine rings is 1. The van der Waals surface area contributed by atoms with Crippen LogP contribution in [-0.2, 0) is 6.54 Å². The maximum absolute atomic E-state index is 6.89. The predicted octanol–water partition coefficient (Wildman–Crippen LogP) is 5.25. The molecule has 1 fully saturated rings. The van der Waals surface area contributed by atoms with E-state index >= 15 is 0 Å². The molecule has 6 rings (SSSR count). The van der Waals surface area contributed by atoms with Crippen LogP contribution in [0.15, 0.2) is 71.8 Å². The highest BCUT2D eigenvalue weighted by molar-refractivity contribution is 6.04. The second kappa shape index (κ2) is 9.63. The van der Waals surface area contributed by atoms with Crippen molar-refractivity contribution in [3.8, 4) is 23.0 Å². The van der Waals surface area contributed by atoms with E-state index < -0.39 is 5.72 Å². The molecule has 3 aromatic rings. The topological polar surface area (TPSA) is 55.8 Å². The number of rotatable bonds is 6. The minimum absolute atomic E-state index is 0.0707. The molecule has 1 saturated heterocycles. The van der Waals surface area contributed by atoms with Crippen molar-refractivity contribution < 1.29 is 18.9 Å². The molecule has 1 spiro atoms. The monoisotopic (exact) mass is 499 g/mol. The molecule has 0 N–H and O–H groups in total. The molecule has 192 valence electrons. The molecule has 1 atom stereocenters. The van der Waals surface area contributed by atoms with Gasteiger partial charge in [-0.15, -0.1) is 0 Å². The Balaban J connectivity index is 1.35. The Morgan fingerprint density at radius 3 is 2.41 bits per heavy atom. The van der Waals surface area contributed by atoms with E-state index in [1.165, 1.54) is 5.56 Å². The Labute approximate surface area is 218 Å². The lowest BCUT2D eigenvalue weighted by molar-refractivity contribution is -0.151. The third-order valence-corrected chi connectivity index (χ3v) is 7.81. The first-order valence-corrected chi connectivity index (χ1v) is 12.9. The summed E-state index contributed by atoms with van der Waals surface area (Å²) in [4.78, 5) is 2.50. The Morgan fingerprint density at radius 2 is 1.68 bits per heavy atom. The molecule has 7 nitrogen and oxygen atoms in total. The van der Waals surface area contributed by atoms with Gasteiger partial charge in [-0.2, -0.15) is 5.10 Å². The lowest BCUT2D eigenvalue weighted by atomic mass is 9.90. The van der Waals surface area contributed by atoms with Crippen molar-refractivity contribution in [2.75, 3.05) is 34.4 Å². The molecule has 7 heteroatoms. The van der Waals surface area contributed by atoms with Crippen LogP contribution in [0.3, 0.4) is 0 Å². The smallest absolute Gasteiger partial charge is 0.200 e. The number of hydrazone groups is 1. The van der Waals surface area contributed by atoms with Crippen LogP contribution in [0.1, 0.15) is 42.0 Å². The number of methoxy groups -OCH3 is 3. The quantitative estimate of drug-likeness (QED) is 0.462. The van der Waals surface area contributed by atoms with Gasteiger partial charge in [-0.05, 0) is 23.8 Å². The van der Waals surface area contributed by atoms with E-state index in [4.69, 9.17) is 24.0 Å². The van der Waals surface area contributed by atoms with Gasteiger partial charge in [0.1, 0.15) is 11.5 Å². The summed E-state index contributed by atoms with van der Waals surface area (Å²) in [5, 5.41) is 7.46. The summed E-state index contributed by atoms with van der Waals surface area (Å²) in [5.74, 6) is 3.15. The third-order valence-electron chi connectivity index (χ3n) is 7.81. The van der Waals surface area contributed by atoms with Crippen molar-refractivity contribution in [3.63, 3.8) is 0 Å².